The molecule has 0 bridgehead atoms. The van der Waals surface area contributed by atoms with Gasteiger partial charge < -0.3 is 8.23 Å². The molecule has 112 valence electrons. The molecule has 0 aromatic carbocycles. The number of rotatable bonds is 8. The van der Waals surface area contributed by atoms with Gasteiger partial charge >= 0.3 is 8.56 Å². The van der Waals surface area contributed by atoms with Crippen LogP contribution in [0, 0.1) is 0 Å². The molecule has 0 unspecified atom stereocenters. The average Bonchev–Trinajstić information content (AvgIpc) is 2.23. The Morgan fingerprint density at radius 2 is 1.00 bits per heavy atom. The summed E-state index contributed by atoms with van der Waals surface area (Å²) in [5.74, 6) is 0. The van der Waals surface area contributed by atoms with Crippen LogP contribution in [-0.2, 0) is 8.23 Å². The summed E-state index contributed by atoms with van der Waals surface area (Å²) >= 11 is 0. The van der Waals surface area contributed by atoms with E-state index < -0.39 is 25.2 Å². The van der Waals surface area contributed by atoms with Crippen molar-refractivity contribution < 1.29 is 8.23 Å². The molecule has 0 radical (unpaired) electrons. The fourth-order valence-electron chi connectivity index (χ4n) is 2.25. The Balaban J connectivity index is 4.91. The third kappa shape index (κ3) is 5.91. The van der Waals surface area contributed by atoms with Gasteiger partial charge in [-0.05, 0) is 52.1 Å². The van der Waals surface area contributed by atoms with Crippen LogP contribution in [0.3, 0.4) is 0 Å². The Morgan fingerprint density at radius 1 is 0.737 bits per heavy atom. The minimum atomic E-state index is -2.13. The minimum absolute atomic E-state index is 0.992. The van der Waals surface area contributed by atoms with Crippen molar-refractivity contribution in [3.05, 3.63) is 23.6 Å². The predicted molar refractivity (Wildman–Crippen MR) is 93.5 cm³/mol. The first-order chi connectivity index (χ1) is 8.38. The van der Waals surface area contributed by atoms with Gasteiger partial charge in [0.15, 0.2) is 0 Å². The summed E-state index contributed by atoms with van der Waals surface area (Å²) in [6, 6.07) is 0. The predicted octanol–water partition coefficient (Wildman–Crippen LogP) is 5.14. The molecule has 0 atom stereocenters. The Kier molecular flexibility index (Phi) is 6.69. The maximum absolute atomic E-state index is 6.46. The summed E-state index contributed by atoms with van der Waals surface area (Å²) in [6.45, 7) is 25.8. The highest BCUT2D eigenvalue weighted by Gasteiger charge is 2.41. The van der Waals surface area contributed by atoms with Gasteiger partial charge in [-0.1, -0.05) is 24.2 Å². The van der Waals surface area contributed by atoms with Gasteiger partial charge in [0, 0.05) is 0 Å². The van der Waals surface area contributed by atoms with Gasteiger partial charge in [-0.2, -0.15) is 0 Å². The number of allylic oxidation sites excluding steroid dienone is 2. The fraction of sp³-hybridized carbons (Fsp3) is 0.714. The van der Waals surface area contributed by atoms with Crippen LogP contribution in [0.4, 0.5) is 0 Å². The standard InChI is InChI=1S/C14H32O2Si3/c1-11-13(3)17(5,6)15-19(9,10)16-18(7,8)14(4)12-2/h3-4,11-12H2,1-2,5-10H3. The van der Waals surface area contributed by atoms with Gasteiger partial charge in [0.05, 0.1) is 0 Å². The van der Waals surface area contributed by atoms with E-state index in [0.717, 1.165) is 12.8 Å². The van der Waals surface area contributed by atoms with Crippen molar-refractivity contribution >= 4 is 25.2 Å². The van der Waals surface area contributed by atoms with Crippen molar-refractivity contribution in [1.82, 2.24) is 0 Å². The topological polar surface area (TPSA) is 18.5 Å². The molecule has 0 aromatic rings. The zero-order valence-corrected chi connectivity index (χ0v) is 17.1. The first-order valence-electron chi connectivity index (χ1n) is 7.14. The zero-order valence-electron chi connectivity index (χ0n) is 14.1. The zero-order chi connectivity index (χ0) is 15.5. The Bertz CT molecular complexity index is 315. The monoisotopic (exact) mass is 316 g/mol. The summed E-state index contributed by atoms with van der Waals surface area (Å²) in [5, 5.41) is 2.51. The highest BCUT2D eigenvalue weighted by Crippen LogP contribution is 2.28. The van der Waals surface area contributed by atoms with Crippen LogP contribution in [-0.4, -0.2) is 25.2 Å². The van der Waals surface area contributed by atoms with E-state index in [1.165, 1.54) is 10.4 Å². The number of hydrogen-bond acceptors (Lipinski definition) is 2. The lowest BCUT2D eigenvalue weighted by molar-refractivity contribution is 0.396. The minimum Gasteiger partial charge on any atom is -0.433 e. The highest BCUT2D eigenvalue weighted by molar-refractivity contribution is 6.92. The molecule has 0 aromatic heterocycles. The molecule has 0 N–H and O–H groups in total. The van der Waals surface area contributed by atoms with Crippen LogP contribution in [0.15, 0.2) is 23.6 Å². The smallest absolute Gasteiger partial charge is 0.311 e. The van der Waals surface area contributed by atoms with Crippen LogP contribution in [0.1, 0.15) is 26.7 Å². The van der Waals surface area contributed by atoms with Crippen LogP contribution >= 0.6 is 0 Å². The van der Waals surface area contributed by atoms with Gasteiger partial charge in [0.25, 0.3) is 0 Å². The molecule has 0 aliphatic carbocycles. The van der Waals surface area contributed by atoms with Gasteiger partial charge in [0.1, 0.15) is 0 Å². The molecule has 0 saturated carbocycles. The second-order valence-corrected chi connectivity index (χ2v) is 18.4. The van der Waals surface area contributed by atoms with Crippen molar-refractivity contribution in [1.29, 1.82) is 0 Å². The molecule has 2 nitrogen and oxygen atoms in total. The first kappa shape index (κ1) is 19.1. The van der Waals surface area contributed by atoms with Crippen molar-refractivity contribution in [3.8, 4) is 0 Å². The van der Waals surface area contributed by atoms with Crippen molar-refractivity contribution in [2.45, 2.75) is 66.0 Å². The van der Waals surface area contributed by atoms with Crippen LogP contribution in [0.2, 0.25) is 39.3 Å². The first-order valence-corrected chi connectivity index (χ1v) is 15.8. The molecule has 0 rings (SSSR count). The normalized spacial score (nSPS) is 13.5. The Morgan fingerprint density at radius 3 is 1.21 bits per heavy atom. The SMILES string of the molecule is C=C(CC)[Si](C)(C)O[Si](C)(C)O[Si](C)(C)C(=C)CC. The molecule has 0 heterocycles. The second kappa shape index (κ2) is 6.67. The summed E-state index contributed by atoms with van der Waals surface area (Å²) in [5.41, 5.74) is 0. The molecule has 0 aliphatic heterocycles. The molecule has 0 spiro atoms. The molecule has 5 heteroatoms. The molecular weight excluding hydrogens is 284 g/mol. The number of hydrogen-bond donors (Lipinski definition) is 0. The average molecular weight is 317 g/mol. The molecule has 19 heavy (non-hydrogen) atoms. The van der Waals surface area contributed by atoms with Gasteiger partial charge in [-0.15, -0.1) is 13.2 Å². The van der Waals surface area contributed by atoms with E-state index in [1.807, 2.05) is 0 Å². The lowest BCUT2D eigenvalue weighted by Gasteiger charge is -2.39. The highest BCUT2D eigenvalue weighted by atomic mass is 28.5. The second-order valence-electron chi connectivity index (χ2n) is 6.54. The van der Waals surface area contributed by atoms with E-state index in [1.54, 1.807) is 0 Å². The summed E-state index contributed by atoms with van der Waals surface area (Å²) < 4.78 is 12.9. The van der Waals surface area contributed by atoms with Crippen molar-refractivity contribution in [2.75, 3.05) is 0 Å². The molecule has 0 saturated heterocycles. The van der Waals surface area contributed by atoms with E-state index in [-0.39, 0.29) is 0 Å². The lowest BCUT2D eigenvalue weighted by Crippen LogP contribution is -2.53. The van der Waals surface area contributed by atoms with Crippen LogP contribution in [0.25, 0.3) is 0 Å². The van der Waals surface area contributed by atoms with E-state index >= 15 is 0 Å². The Labute approximate surface area is 123 Å². The Hall–Kier alpha value is 0.0506. The van der Waals surface area contributed by atoms with Crippen LogP contribution in [0.5, 0.6) is 0 Å². The maximum atomic E-state index is 6.46. The molecule has 0 fully saturated rings. The van der Waals surface area contributed by atoms with Gasteiger partial charge in [0.2, 0.25) is 16.6 Å². The van der Waals surface area contributed by atoms with Crippen molar-refractivity contribution in [2.24, 2.45) is 0 Å². The van der Waals surface area contributed by atoms with Crippen molar-refractivity contribution in [3.63, 3.8) is 0 Å². The summed E-state index contributed by atoms with van der Waals surface area (Å²) in [6.07, 6.45) is 1.98. The van der Waals surface area contributed by atoms with Gasteiger partial charge in [-0.25, -0.2) is 0 Å². The van der Waals surface area contributed by atoms with E-state index in [4.69, 9.17) is 8.23 Å². The molecule has 0 amide bonds. The summed E-state index contributed by atoms with van der Waals surface area (Å²) in [7, 11) is -5.83. The summed E-state index contributed by atoms with van der Waals surface area (Å²) in [4.78, 5) is 0. The van der Waals surface area contributed by atoms with E-state index in [2.05, 4.69) is 66.3 Å². The van der Waals surface area contributed by atoms with E-state index in [9.17, 15) is 0 Å². The third-order valence-corrected chi connectivity index (χ3v) is 15.7. The molecule has 0 aliphatic rings. The largest absolute Gasteiger partial charge is 0.433 e. The fourth-order valence-corrected chi connectivity index (χ4v) is 15.5. The molecular formula is C14H32O2Si3. The van der Waals surface area contributed by atoms with Crippen LogP contribution < -0.4 is 0 Å². The third-order valence-electron chi connectivity index (χ3n) is 3.56. The quantitative estimate of drug-likeness (QED) is 0.577. The van der Waals surface area contributed by atoms with Gasteiger partial charge in [-0.3, -0.25) is 0 Å². The van der Waals surface area contributed by atoms with E-state index in [0.29, 0.717) is 0 Å². The lowest BCUT2D eigenvalue weighted by atomic mass is 10.5. The maximum Gasteiger partial charge on any atom is 0.311 e.